The summed E-state index contributed by atoms with van der Waals surface area (Å²) in [5, 5.41) is 0. The van der Waals surface area contributed by atoms with Gasteiger partial charge in [-0.05, 0) is 24.3 Å². The molecule has 152 valence electrons. The van der Waals surface area contributed by atoms with Crippen molar-refractivity contribution >= 4 is 23.3 Å². The maximum atomic E-state index is 14.0. The molecule has 0 aromatic heterocycles. The van der Waals surface area contributed by atoms with E-state index in [1.165, 1.54) is 21.9 Å². The summed E-state index contributed by atoms with van der Waals surface area (Å²) >= 11 is 0. The van der Waals surface area contributed by atoms with Crippen molar-refractivity contribution in [1.29, 1.82) is 0 Å². The first kappa shape index (κ1) is 19.2. The third-order valence-corrected chi connectivity index (χ3v) is 5.39. The van der Waals surface area contributed by atoms with Crippen LogP contribution in [0.5, 0.6) is 0 Å². The van der Waals surface area contributed by atoms with Gasteiger partial charge in [-0.2, -0.15) is 0 Å². The zero-order chi connectivity index (χ0) is 20.4. The van der Waals surface area contributed by atoms with Crippen LogP contribution in [0.3, 0.4) is 0 Å². The van der Waals surface area contributed by atoms with Crippen molar-refractivity contribution in [2.75, 3.05) is 55.6 Å². The maximum absolute atomic E-state index is 14.0. The number of piperazine rings is 1. The molecule has 2 saturated heterocycles. The molecule has 0 saturated carbocycles. The first-order valence-electron chi connectivity index (χ1n) is 9.63. The summed E-state index contributed by atoms with van der Waals surface area (Å²) < 4.78 is 27.9. The van der Waals surface area contributed by atoms with E-state index in [4.69, 9.17) is 0 Å². The van der Waals surface area contributed by atoms with Gasteiger partial charge in [-0.25, -0.2) is 13.6 Å². The Morgan fingerprint density at radius 2 is 1.38 bits per heavy atom. The van der Waals surface area contributed by atoms with Crippen molar-refractivity contribution in [3.63, 3.8) is 0 Å². The number of para-hydroxylation sites is 2. The quantitative estimate of drug-likeness (QED) is 0.793. The molecule has 29 heavy (non-hydrogen) atoms. The number of nitrogens with zero attached hydrogens (tertiary/aromatic N) is 4. The van der Waals surface area contributed by atoms with E-state index in [2.05, 4.69) is 0 Å². The van der Waals surface area contributed by atoms with Gasteiger partial charge < -0.3 is 14.7 Å². The number of amides is 3. The summed E-state index contributed by atoms with van der Waals surface area (Å²) in [7, 11) is 0. The molecule has 2 aromatic carbocycles. The van der Waals surface area contributed by atoms with E-state index < -0.39 is 5.82 Å². The first-order chi connectivity index (χ1) is 14.0. The number of hydrogen-bond donors (Lipinski definition) is 0. The monoisotopic (exact) mass is 400 g/mol. The van der Waals surface area contributed by atoms with Crippen LogP contribution in [0.1, 0.15) is 0 Å². The second-order valence-corrected chi connectivity index (χ2v) is 7.13. The Bertz CT molecular complexity index is 915. The van der Waals surface area contributed by atoms with Crippen LogP contribution in [0.15, 0.2) is 48.5 Å². The lowest BCUT2D eigenvalue weighted by Gasteiger charge is -2.36. The molecule has 6 nitrogen and oxygen atoms in total. The van der Waals surface area contributed by atoms with Gasteiger partial charge in [-0.15, -0.1) is 0 Å². The standard InChI is InChI=1S/C21H22F2N4O2/c22-16-5-1-3-7-18(16)24-9-11-25(12-10-24)20(28)15-26-13-14-27(21(26)29)19-8-4-2-6-17(19)23/h1-8H,9-15H2. The van der Waals surface area contributed by atoms with Gasteiger partial charge in [0.1, 0.15) is 18.2 Å². The summed E-state index contributed by atoms with van der Waals surface area (Å²) in [6, 6.07) is 12.3. The Hall–Kier alpha value is -3.16. The third-order valence-electron chi connectivity index (χ3n) is 5.39. The molecule has 0 atom stereocenters. The van der Waals surface area contributed by atoms with Crippen molar-refractivity contribution in [3.05, 3.63) is 60.2 Å². The topological polar surface area (TPSA) is 47.1 Å². The molecule has 8 heteroatoms. The molecule has 3 amide bonds. The Labute approximate surface area is 167 Å². The molecule has 0 N–H and O–H groups in total. The molecular formula is C21H22F2N4O2. The highest BCUT2D eigenvalue weighted by Gasteiger charge is 2.33. The van der Waals surface area contributed by atoms with Crippen molar-refractivity contribution in [1.82, 2.24) is 9.80 Å². The number of halogens is 2. The fourth-order valence-corrected chi connectivity index (χ4v) is 3.79. The summed E-state index contributed by atoms with van der Waals surface area (Å²) in [5.74, 6) is -0.886. The second-order valence-electron chi connectivity index (χ2n) is 7.13. The molecule has 0 aliphatic carbocycles. The minimum Gasteiger partial charge on any atom is -0.366 e. The van der Waals surface area contributed by atoms with E-state index in [1.807, 2.05) is 4.90 Å². The number of rotatable bonds is 4. The number of urea groups is 1. The Morgan fingerprint density at radius 1 is 0.793 bits per heavy atom. The highest BCUT2D eigenvalue weighted by Crippen LogP contribution is 2.24. The van der Waals surface area contributed by atoms with Crippen LogP contribution < -0.4 is 9.80 Å². The molecule has 2 fully saturated rings. The van der Waals surface area contributed by atoms with Gasteiger partial charge in [0.05, 0.1) is 11.4 Å². The van der Waals surface area contributed by atoms with Gasteiger partial charge in [-0.1, -0.05) is 24.3 Å². The van der Waals surface area contributed by atoms with Crippen LogP contribution >= 0.6 is 0 Å². The van der Waals surface area contributed by atoms with Crippen LogP contribution in [0, 0.1) is 11.6 Å². The van der Waals surface area contributed by atoms with Crippen LogP contribution in [0.2, 0.25) is 0 Å². The summed E-state index contributed by atoms with van der Waals surface area (Å²) in [4.78, 5) is 31.7. The van der Waals surface area contributed by atoms with Crippen LogP contribution in [-0.4, -0.2) is 67.6 Å². The van der Waals surface area contributed by atoms with E-state index >= 15 is 0 Å². The molecule has 2 heterocycles. The van der Waals surface area contributed by atoms with Gasteiger partial charge in [0.15, 0.2) is 0 Å². The number of anilines is 2. The lowest BCUT2D eigenvalue weighted by molar-refractivity contribution is -0.131. The zero-order valence-electron chi connectivity index (χ0n) is 15.9. The Balaban J connectivity index is 1.33. The van der Waals surface area contributed by atoms with Gasteiger partial charge >= 0.3 is 6.03 Å². The molecule has 4 rings (SSSR count). The van der Waals surface area contributed by atoms with Crippen LogP contribution in [-0.2, 0) is 4.79 Å². The molecule has 2 aliphatic rings. The Morgan fingerprint density at radius 3 is 2.00 bits per heavy atom. The van der Waals surface area contributed by atoms with E-state index in [-0.39, 0.29) is 30.0 Å². The summed E-state index contributed by atoms with van der Waals surface area (Å²) in [5.41, 5.74) is 0.765. The van der Waals surface area contributed by atoms with Crippen molar-refractivity contribution < 1.29 is 18.4 Å². The predicted octanol–water partition coefficient (Wildman–Crippen LogP) is 2.56. The second kappa shape index (κ2) is 8.06. The fraction of sp³-hybridized carbons (Fsp3) is 0.333. The van der Waals surface area contributed by atoms with Crippen molar-refractivity contribution in [3.8, 4) is 0 Å². The molecule has 0 spiro atoms. The molecule has 0 unspecified atom stereocenters. The van der Waals surface area contributed by atoms with Gasteiger partial charge in [0.25, 0.3) is 0 Å². The minimum absolute atomic E-state index is 0.0382. The highest BCUT2D eigenvalue weighted by molar-refractivity contribution is 5.96. The number of carbonyl (C=O) groups is 2. The van der Waals surface area contributed by atoms with E-state index in [0.717, 1.165) is 0 Å². The van der Waals surface area contributed by atoms with Crippen LogP contribution in [0.4, 0.5) is 25.0 Å². The van der Waals surface area contributed by atoms with Crippen LogP contribution in [0.25, 0.3) is 0 Å². The molecule has 2 aromatic rings. The zero-order valence-corrected chi connectivity index (χ0v) is 15.9. The number of carbonyl (C=O) groups excluding carboxylic acids is 2. The Kier molecular flexibility index (Phi) is 5.33. The summed E-state index contributed by atoms with van der Waals surface area (Å²) in [6.45, 7) is 2.66. The molecule has 2 aliphatic heterocycles. The third kappa shape index (κ3) is 3.87. The SMILES string of the molecule is O=C(CN1CCN(c2ccccc2F)C1=O)N1CCN(c2ccccc2F)CC1. The number of benzene rings is 2. The van der Waals surface area contributed by atoms with Crippen molar-refractivity contribution in [2.24, 2.45) is 0 Å². The van der Waals surface area contributed by atoms with Crippen molar-refractivity contribution in [2.45, 2.75) is 0 Å². The average molecular weight is 400 g/mol. The molecule has 0 bridgehead atoms. The fourth-order valence-electron chi connectivity index (χ4n) is 3.79. The molecule has 0 radical (unpaired) electrons. The smallest absolute Gasteiger partial charge is 0.325 e. The van der Waals surface area contributed by atoms with Gasteiger partial charge in [0.2, 0.25) is 5.91 Å². The first-order valence-corrected chi connectivity index (χ1v) is 9.63. The lowest BCUT2D eigenvalue weighted by atomic mass is 10.2. The number of hydrogen-bond acceptors (Lipinski definition) is 3. The lowest BCUT2D eigenvalue weighted by Crippen LogP contribution is -2.51. The highest BCUT2D eigenvalue weighted by atomic mass is 19.1. The molecular weight excluding hydrogens is 378 g/mol. The van der Waals surface area contributed by atoms with Gasteiger partial charge in [-0.3, -0.25) is 9.69 Å². The summed E-state index contributed by atoms with van der Waals surface area (Å²) in [6.07, 6.45) is 0. The van der Waals surface area contributed by atoms with E-state index in [1.54, 1.807) is 41.3 Å². The maximum Gasteiger partial charge on any atom is 0.325 e. The largest absolute Gasteiger partial charge is 0.366 e. The van der Waals surface area contributed by atoms with E-state index in [0.29, 0.717) is 45.0 Å². The average Bonchev–Trinajstić information content (AvgIpc) is 3.09. The van der Waals surface area contributed by atoms with Gasteiger partial charge in [0, 0.05) is 39.3 Å². The predicted molar refractivity (Wildman–Crippen MR) is 106 cm³/mol. The van der Waals surface area contributed by atoms with E-state index in [9.17, 15) is 18.4 Å². The normalized spacial score (nSPS) is 17.2. The minimum atomic E-state index is -0.460.